The van der Waals surface area contributed by atoms with E-state index in [4.69, 9.17) is 4.74 Å². The maximum Gasteiger partial charge on any atom is 0.255 e. The van der Waals surface area contributed by atoms with Gasteiger partial charge in [-0.05, 0) is 25.5 Å². The third kappa shape index (κ3) is 5.29. The molecular weight excluding hydrogens is 264 g/mol. The van der Waals surface area contributed by atoms with E-state index in [0.717, 1.165) is 30.6 Å². The average molecular weight is 294 g/mol. The van der Waals surface area contributed by atoms with Gasteiger partial charge in [0.25, 0.3) is 5.56 Å². The second kappa shape index (κ2) is 8.35. The summed E-state index contributed by atoms with van der Waals surface area (Å²) < 4.78 is 7.03. The zero-order valence-electron chi connectivity index (χ0n) is 14.2. The quantitative estimate of drug-likeness (QED) is 0.750. The number of ether oxygens (including phenoxy) is 1. The summed E-state index contributed by atoms with van der Waals surface area (Å²) in [4.78, 5) is 12.7. The highest BCUT2D eigenvalue weighted by Gasteiger charge is 2.19. The fraction of sp³-hybridized carbons (Fsp3) is 0.706. The highest BCUT2D eigenvalue weighted by atomic mass is 16.5. The Morgan fingerprint density at radius 2 is 2.00 bits per heavy atom. The summed E-state index contributed by atoms with van der Waals surface area (Å²) in [6, 6.07) is 4.07. The van der Waals surface area contributed by atoms with E-state index < -0.39 is 0 Å². The van der Waals surface area contributed by atoms with Crippen LogP contribution in [0.3, 0.4) is 0 Å². The van der Waals surface area contributed by atoms with Gasteiger partial charge in [0.05, 0.1) is 0 Å². The predicted octanol–water partition coefficient (Wildman–Crippen LogP) is 2.68. The van der Waals surface area contributed by atoms with Crippen molar-refractivity contribution < 1.29 is 4.74 Å². The molecule has 0 bridgehead atoms. The van der Waals surface area contributed by atoms with E-state index >= 15 is 0 Å². The molecule has 0 atom stereocenters. The average Bonchev–Trinajstić information content (AvgIpc) is 2.41. The maximum absolute atomic E-state index is 12.7. The van der Waals surface area contributed by atoms with Crippen LogP contribution in [0.15, 0.2) is 16.9 Å². The number of nitrogens with zero attached hydrogens (tertiary/aromatic N) is 1. The lowest BCUT2D eigenvalue weighted by Gasteiger charge is -2.25. The molecule has 0 aliphatic heterocycles. The number of nitrogens with one attached hydrogen (secondary N) is 1. The Balaban J connectivity index is 3.06. The standard InChI is InChI=1S/C17H30N2O2/c1-6-10-18-13-14-8-9-15(17(2,3)4)19(16(14)20)11-7-12-21-5/h8-9,18H,6-7,10-13H2,1-5H3. The first kappa shape index (κ1) is 17.9. The van der Waals surface area contributed by atoms with Gasteiger partial charge in [0.1, 0.15) is 0 Å². The van der Waals surface area contributed by atoms with Gasteiger partial charge in [0.15, 0.2) is 0 Å². The fourth-order valence-corrected chi connectivity index (χ4v) is 2.40. The molecule has 0 saturated heterocycles. The van der Waals surface area contributed by atoms with E-state index in [9.17, 15) is 4.79 Å². The molecule has 4 nitrogen and oxygen atoms in total. The molecule has 0 aliphatic rings. The minimum atomic E-state index is -0.0401. The van der Waals surface area contributed by atoms with Gasteiger partial charge >= 0.3 is 0 Å². The van der Waals surface area contributed by atoms with Crippen LogP contribution < -0.4 is 10.9 Å². The lowest BCUT2D eigenvalue weighted by Crippen LogP contribution is -2.33. The summed E-state index contributed by atoms with van der Waals surface area (Å²) in [6.07, 6.45) is 1.92. The second-order valence-corrected chi connectivity index (χ2v) is 6.47. The van der Waals surface area contributed by atoms with Crippen LogP contribution in [0, 0.1) is 0 Å². The molecule has 21 heavy (non-hydrogen) atoms. The molecule has 1 aromatic rings. The normalized spacial score (nSPS) is 11.9. The van der Waals surface area contributed by atoms with Crippen molar-refractivity contribution in [3.63, 3.8) is 0 Å². The molecule has 0 radical (unpaired) electrons. The van der Waals surface area contributed by atoms with Gasteiger partial charge in [-0.3, -0.25) is 4.79 Å². The van der Waals surface area contributed by atoms with Crippen molar-refractivity contribution >= 4 is 0 Å². The van der Waals surface area contributed by atoms with Crippen molar-refractivity contribution in [1.29, 1.82) is 0 Å². The van der Waals surface area contributed by atoms with Crippen LogP contribution >= 0.6 is 0 Å². The zero-order chi connectivity index (χ0) is 15.9. The summed E-state index contributed by atoms with van der Waals surface area (Å²) >= 11 is 0. The molecule has 0 fully saturated rings. The molecule has 1 aromatic heterocycles. The van der Waals surface area contributed by atoms with E-state index in [2.05, 4.69) is 39.1 Å². The number of rotatable bonds is 8. The molecular formula is C17H30N2O2. The number of aromatic nitrogens is 1. The van der Waals surface area contributed by atoms with Gasteiger partial charge < -0.3 is 14.6 Å². The van der Waals surface area contributed by atoms with Crippen LogP contribution in [0.2, 0.25) is 0 Å². The number of methoxy groups -OCH3 is 1. The number of hydrogen-bond acceptors (Lipinski definition) is 3. The van der Waals surface area contributed by atoms with Crippen molar-refractivity contribution in [2.75, 3.05) is 20.3 Å². The molecule has 0 saturated carbocycles. The molecule has 120 valence electrons. The SMILES string of the molecule is CCCNCc1ccc(C(C)(C)C)n(CCCOC)c1=O. The third-order valence-corrected chi connectivity index (χ3v) is 3.49. The van der Waals surface area contributed by atoms with Crippen molar-refractivity contribution in [3.8, 4) is 0 Å². The van der Waals surface area contributed by atoms with Crippen LogP contribution in [0.5, 0.6) is 0 Å². The van der Waals surface area contributed by atoms with Crippen molar-refractivity contribution in [2.45, 2.75) is 59.0 Å². The Kier molecular flexibility index (Phi) is 7.12. The Labute approximate surface area is 128 Å². The molecule has 1 rings (SSSR count). The van der Waals surface area contributed by atoms with Gasteiger partial charge in [-0.2, -0.15) is 0 Å². The van der Waals surface area contributed by atoms with Crippen LogP contribution in [0.25, 0.3) is 0 Å². The van der Waals surface area contributed by atoms with Gasteiger partial charge in [0, 0.05) is 43.5 Å². The number of hydrogen-bond donors (Lipinski definition) is 1. The molecule has 0 unspecified atom stereocenters. The van der Waals surface area contributed by atoms with E-state index in [-0.39, 0.29) is 11.0 Å². The van der Waals surface area contributed by atoms with Crippen molar-refractivity contribution in [3.05, 3.63) is 33.7 Å². The van der Waals surface area contributed by atoms with Crippen molar-refractivity contribution in [2.24, 2.45) is 0 Å². The van der Waals surface area contributed by atoms with E-state index in [1.165, 1.54) is 0 Å². The first-order chi connectivity index (χ1) is 9.91. The smallest absolute Gasteiger partial charge is 0.255 e. The van der Waals surface area contributed by atoms with E-state index in [0.29, 0.717) is 19.7 Å². The summed E-state index contributed by atoms with van der Waals surface area (Å²) in [5, 5.41) is 3.31. The Morgan fingerprint density at radius 1 is 1.29 bits per heavy atom. The Morgan fingerprint density at radius 3 is 2.57 bits per heavy atom. The summed E-state index contributed by atoms with van der Waals surface area (Å²) in [6.45, 7) is 11.5. The van der Waals surface area contributed by atoms with E-state index in [1.54, 1.807) is 7.11 Å². The largest absolute Gasteiger partial charge is 0.385 e. The zero-order valence-corrected chi connectivity index (χ0v) is 14.2. The molecule has 0 spiro atoms. The maximum atomic E-state index is 12.7. The minimum Gasteiger partial charge on any atom is -0.385 e. The van der Waals surface area contributed by atoms with Gasteiger partial charge in [0.2, 0.25) is 0 Å². The lowest BCUT2D eigenvalue weighted by atomic mass is 9.90. The van der Waals surface area contributed by atoms with Crippen LogP contribution in [-0.4, -0.2) is 24.8 Å². The molecule has 1 N–H and O–H groups in total. The predicted molar refractivity (Wildman–Crippen MR) is 87.9 cm³/mol. The number of pyridine rings is 1. The Hall–Kier alpha value is -1.13. The highest BCUT2D eigenvalue weighted by Crippen LogP contribution is 2.21. The minimum absolute atomic E-state index is 0.0401. The Bertz CT molecular complexity index is 487. The lowest BCUT2D eigenvalue weighted by molar-refractivity contribution is 0.189. The molecule has 0 aliphatic carbocycles. The first-order valence-electron chi connectivity index (χ1n) is 7.84. The van der Waals surface area contributed by atoms with Gasteiger partial charge in [-0.15, -0.1) is 0 Å². The summed E-state index contributed by atoms with van der Waals surface area (Å²) in [5.74, 6) is 0. The van der Waals surface area contributed by atoms with Crippen LogP contribution in [0.1, 0.15) is 51.8 Å². The molecule has 0 amide bonds. The first-order valence-corrected chi connectivity index (χ1v) is 7.84. The van der Waals surface area contributed by atoms with Crippen molar-refractivity contribution in [1.82, 2.24) is 9.88 Å². The van der Waals surface area contributed by atoms with Gasteiger partial charge in [-0.25, -0.2) is 0 Å². The highest BCUT2D eigenvalue weighted by molar-refractivity contribution is 5.21. The fourth-order valence-electron chi connectivity index (χ4n) is 2.40. The summed E-state index contributed by atoms with van der Waals surface area (Å²) in [7, 11) is 1.69. The monoisotopic (exact) mass is 294 g/mol. The van der Waals surface area contributed by atoms with Gasteiger partial charge in [-0.1, -0.05) is 33.8 Å². The van der Waals surface area contributed by atoms with Crippen LogP contribution in [-0.2, 0) is 23.2 Å². The van der Waals surface area contributed by atoms with E-state index in [1.807, 2.05) is 10.6 Å². The topological polar surface area (TPSA) is 43.3 Å². The van der Waals surface area contributed by atoms with Crippen LogP contribution in [0.4, 0.5) is 0 Å². The molecule has 4 heteroatoms. The molecule has 1 heterocycles. The third-order valence-electron chi connectivity index (χ3n) is 3.49. The molecule has 0 aromatic carbocycles. The second-order valence-electron chi connectivity index (χ2n) is 6.47. The summed E-state index contributed by atoms with van der Waals surface area (Å²) in [5.41, 5.74) is 2.01.